The number of nitrogens with zero attached hydrogens (tertiary/aromatic N) is 7. The van der Waals surface area contributed by atoms with Gasteiger partial charge in [-0.1, -0.05) is 97.1 Å². The van der Waals surface area contributed by atoms with E-state index in [-0.39, 0.29) is 0 Å². The van der Waals surface area contributed by atoms with Crippen LogP contribution in [0.5, 0.6) is 0 Å². The first-order chi connectivity index (χ1) is 19.8. The summed E-state index contributed by atoms with van der Waals surface area (Å²) in [6, 6.07) is 40.3. The minimum absolute atomic E-state index is 0.497. The molecule has 40 heavy (non-hydrogen) atoms. The van der Waals surface area contributed by atoms with Crippen LogP contribution < -0.4 is 0 Å². The van der Waals surface area contributed by atoms with Crippen LogP contribution in [-0.2, 0) is 0 Å². The predicted octanol–water partition coefficient (Wildman–Crippen LogP) is 7.01. The highest BCUT2D eigenvalue weighted by Crippen LogP contribution is 2.32. The Morgan fingerprint density at radius 1 is 0.450 bits per heavy atom. The molecule has 0 unspecified atom stereocenters. The topological polar surface area (TPSA) is 73.8 Å². The van der Waals surface area contributed by atoms with E-state index in [0.29, 0.717) is 17.6 Å². The van der Waals surface area contributed by atoms with E-state index in [0.717, 1.165) is 50.2 Å². The summed E-state index contributed by atoms with van der Waals surface area (Å²) in [5.74, 6) is 2.44. The van der Waals surface area contributed by atoms with E-state index in [2.05, 4.69) is 28.7 Å². The van der Waals surface area contributed by atoms with E-state index in [1.54, 1.807) is 0 Å². The average Bonchev–Trinajstić information content (AvgIpc) is 3.58. The fourth-order valence-electron chi connectivity index (χ4n) is 5.12. The molecule has 188 valence electrons. The molecule has 4 aromatic heterocycles. The zero-order valence-electron chi connectivity index (χ0n) is 21.3. The number of rotatable bonds is 4. The Kier molecular flexibility index (Phi) is 4.99. The largest absolute Gasteiger partial charge is 0.300 e. The number of aromatic nitrogens is 7. The lowest BCUT2D eigenvalue weighted by Gasteiger charge is -2.11. The number of pyridine rings is 1. The fraction of sp³-hybridized carbons (Fsp3) is 0. The van der Waals surface area contributed by atoms with Gasteiger partial charge in [0, 0.05) is 22.9 Å². The summed E-state index contributed by atoms with van der Waals surface area (Å²) in [4.78, 5) is 24.9. The van der Waals surface area contributed by atoms with E-state index in [1.165, 1.54) is 0 Å². The summed E-state index contributed by atoms with van der Waals surface area (Å²) in [5, 5.41) is 0. The minimum Gasteiger partial charge on any atom is -0.300 e. The summed E-state index contributed by atoms with van der Waals surface area (Å²) in [5.41, 5.74) is 7.26. The number of hydrogen-bond acceptors (Lipinski definition) is 5. The lowest BCUT2D eigenvalue weighted by molar-refractivity contribution is 0.930. The van der Waals surface area contributed by atoms with Gasteiger partial charge in [0.05, 0.1) is 22.1 Å². The van der Waals surface area contributed by atoms with Gasteiger partial charge in [-0.2, -0.15) is 9.97 Å². The Labute approximate surface area is 229 Å². The standard InChI is InChI=1S/C33H21N7/c1-4-12-22(13-5-1)30-36-31(23-14-6-2-7-15-23)38-33(37-30)40-28-21-25-27(39-19-11-10-18-29(39)34-25)20-26(28)35-32(40)24-16-8-3-9-17-24/h1-21H. The molecule has 4 heterocycles. The van der Waals surface area contributed by atoms with Crippen LogP contribution in [-0.4, -0.2) is 33.9 Å². The molecule has 0 saturated carbocycles. The van der Waals surface area contributed by atoms with Crippen molar-refractivity contribution in [3.05, 3.63) is 128 Å². The van der Waals surface area contributed by atoms with Gasteiger partial charge in [0.2, 0.25) is 5.95 Å². The zero-order valence-corrected chi connectivity index (χ0v) is 21.3. The highest BCUT2D eigenvalue weighted by Gasteiger charge is 2.21. The van der Waals surface area contributed by atoms with Crippen LogP contribution >= 0.6 is 0 Å². The molecule has 7 heteroatoms. The van der Waals surface area contributed by atoms with Crippen molar-refractivity contribution in [2.24, 2.45) is 0 Å². The molecule has 7 nitrogen and oxygen atoms in total. The number of hydrogen-bond donors (Lipinski definition) is 0. The van der Waals surface area contributed by atoms with Gasteiger partial charge < -0.3 is 0 Å². The molecule has 0 saturated heterocycles. The summed E-state index contributed by atoms with van der Waals surface area (Å²) >= 11 is 0. The maximum Gasteiger partial charge on any atom is 0.240 e. The van der Waals surface area contributed by atoms with Crippen molar-refractivity contribution in [1.82, 2.24) is 33.9 Å². The minimum atomic E-state index is 0.497. The molecule has 0 aliphatic rings. The van der Waals surface area contributed by atoms with E-state index in [4.69, 9.17) is 24.9 Å². The normalized spacial score (nSPS) is 11.5. The highest BCUT2D eigenvalue weighted by atomic mass is 15.2. The van der Waals surface area contributed by atoms with Gasteiger partial charge in [-0.15, -0.1) is 0 Å². The first-order valence-electron chi connectivity index (χ1n) is 13.0. The van der Waals surface area contributed by atoms with E-state index in [1.807, 2.05) is 108 Å². The summed E-state index contributed by atoms with van der Waals surface area (Å²) in [6.07, 6.45) is 2.02. The molecule has 0 aliphatic carbocycles. The van der Waals surface area contributed by atoms with E-state index in [9.17, 15) is 0 Å². The molecule has 0 radical (unpaired) electrons. The average molecular weight is 516 g/mol. The lowest BCUT2D eigenvalue weighted by Crippen LogP contribution is -2.07. The Bertz CT molecular complexity index is 2090. The van der Waals surface area contributed by atoms with Crippen LogP contribution in [0.3, 0.4) is 0 Å². The van der Waals surface area contributed by atoms with Crippen molar-refractivity contribution in [3.8, 4) is 40.1 Å². The van der Waals surface area contributed by atoms with Gasteiger partial charge in [-0.3, -0.25) is 8.97 Å². The molecule has 0 spiro atoms. The molecule has 0 bridgehead atoms. The quantitative estimate of drug-likeness (QED) is 0.252. The first kappa shape index (κ1) is 22.3. The third-order valence-electron chi connectivity index (χ3n) is 7.00. The van der Waals surface area contributed by atoms with Crippen molar-refractivity contribution in [3.63, 3.8) is 0 Å². The van der Waals surface area contributed by atoms with Crippen LogP contribution in [0, 0.1) is 0 Å². The Balaban J connectivity index is 1.46. The molecule has 0 atom stereocenters. The first-order valence-corrected chi connectivity index (χ1v) is 13.0. The molecular weight excluding hydrogens is 494 g/mol. The van der Waals surface area contributed by atoms with Crippen LogP contribution in [0.25, 0.3) is 67.8 Å². The maximum atomic E-state index is 5.12. The van der Waals surface area contributed by atoms with Crippen molar-refractivity contribution >= 4 is 27.7 Å². The van der Waals surface area contributed by atoms with Crippen LogP contribution in [0.15, 0.2) is 128 Å². The second kappa shape index (κ2) is 8.96. The number of imidazole rings is 2. The third-order valence-corrected chi connectivity index (χ3v) is 7.00. The highest BCUT2D eigenvalue weighted by molar-refractivity contribution is 5.96. The zero-order chi connectivity index (χ0) is 26.5. The second-order valence-corrected chi connectivity index (χ2v) is 9.52. The fourth-order valence-corrected chi connectivity index (χ4v) is 5.12. The van der Waals surface area contributed by atoms with Gasteiger partial charge in [0.25, 0.3) is 0 Å². The molecular formula is C33H21N7. The SMILES string of the molecule is c1ccc(-c2nc(-c3ccccc3)nc(-n3c(-c4ccccc4)nc4cc5c(cc43)nc3ccccn35)n2)cc1. The molecule has 8 aromatic rings. The summed E-state index contributed by atoms with van der Waals surface area (Å²) in [6.45, 7) is 0. The predicted molar refractivity (Wildman–Crippen MR) is 157 cm³/mol. The van der Waals surface area contributed by atoms with Crippen molar-refractivity contribution in [1.29, 1.82) is 0 Å². The van der Waals surface area contributed by atoms with Gasteiger partial charge in [0.1, 0.15) is 11.5 Å². The Hall–Kier alpha value is -5.69. The van der Waals surface area contributed by atoms with Crippen molar-refractivity contribution < 1.29 is 0 Å². The van der Waals surface area contributed by atoms with Crippen molar-refractivity contribution in [2.75, 3.05) is 0 Å². The third kappa shape index (κ3) is 3.64. The molecule has 0 amide bonds. The molecule has 4 aromatic carbocycles. The Morgan fingerprint density at radius 3 is 1.65 bits per heavy atom. The molecule has 0 N–H and O–H groups in total. The Morgan fingerprint density at radius 2 is 1.00 bits per heavy atom. The number of benzene rings is 4. The smallest absolute Gasteiger partial charge is 0.240 e. The van der Waals surface area contributed by atoms with Crippen LogP contribution in [0.2, 0.25) is 0 Å². The molecule has 0 aliphatic heterocycles. The van der Waals surface area contributed by atoms with Crippen LogP contribution in [0.1, 0.15) is 0 Å². The molecule has 0 fully saturated rings. The summed E-state index contributed by atoms with van der Waals surface area (Å²) in [7, 11) is 0. The molecule has 8 rings (SSSR count). The monoisotopic (exact) mass is 515 g/mol. The second-order valence-electron chi connectivity index (χ2n) is 9.52. The lowest BCUT2D eigenvalue weighted by atomic mass is 10.2. The summed E-state index contributed by atoms with van der Waals surface area (Å²) < 4.78 is 4.11. The van der Waals surface area contributed by atoms with E-state index >= 15 is 0 Å². The van der Waals surface area contributed by atoms with Gasteiger partial charge in [0.15, 0.2) is 11.6 Å². The van der Waals surface area contributed by atoms with Crippen LogP contribution in [0.4, 0.5) is 0 Å². The van der Waals surface area contributed by atoms with Crippen molar-refractivity contribution in [2.45, 2.75) is 0 Å². The van der Waals surface area contributed by atoms with Gasteiger partial charge in [-0.25, -0.2) is 15.0 Å². The number of fused-ring (bicyclic) bond motifs is 4. The maximum absolute atomic E-state index is 5.12. The van der Waals surface area contributed by atoms with Gasteiger partial charge in [-0.05, 0) is 24.3 Å². The van der Waals surface area contributed by atoms with E-state index < -0.39 is 0 Å². The van der Waals surface area contributed by atoms with Gasteiger partial charge >= 0.3 is 0 Å².